The molecule has 1 aromatic heterocycles. The SMILES string of the molecule is CCNC(c1ccc2cccnc2c1)C1CCCC(C)C1. The van der Waals surface area contributed by atoms with Crippen molar-refractivity contribution >= 4 is 10.9 Å². The summed E-state index contributed by atoms with van der Waals surface area (Å²) in [5.41, 5.74) is 2.52. The summed E-state index contributed by atoms with van der Waals surface area (Å²) >= 11 is 0. The van der Waals surface area contributed by atoms with Crippen LogP contribution >= 0.6 is 0 Å². The molecule has 1 aromatic carbocycles. The van der Waals surface area contributed by atoms with Crippen molar-refractivity contribution in [1.29, 1.82) is 0 Å². The highest BCUT2D eigenvalue weighted by Crippen LogP contribution is 2.37. The number of fused-ring (bicyclic) bond motifs is 1. The second-order valence-electron chi connectivity index (χ2n) is 6.52. The van der Waals surface area contributed by atoms with Crippen LogP contribution in [0.15, 0.2) is 36.5 Å². The van der Waals surface area contributed by atoms with Gasteiger partial charge in [-0.1, -0.05) is 44.9 Å². The molecular weight excluding hydrogens is 256 g/mol. The third-order valence-corrected chi connectivity index (χ3v) is 4.86. The van der Waals surface area contributed by atoms with E-state index in [9.17, 15) is 0 Å². The quantitative estimate of drug-likeness (QED) is 0.878. The van der Waals surface area contributed by atoms with Crippen LogP contribution in [0.1, 0.15) is 51.1 Å². The van der Waals surface area contributed by atoms with Gasteiger partial charge >= 0.3 is 0 Å². The summed E-state index contributed by atoms with van der Waals surface area (Å²) in [7, 11) is 0. The second kappa shape index (κ2) is 6.57. The van der Waals surface area contributed by atoms with E-state index in [1.807, 2.05) is 12.3 Å². The first kappa shape index (κ1) is 14.5. The highest BCUT2D eigenvalue weighted by Gasteiger charge is 2.27. The lowest BCUT2D eigenvalue weighted by Gasteiger charge is -2.34. The summed E-state index contributed by atoms with van der Waals surface area (Å²) in [6.45, 7) is 5.63. The Morgan fingerprint density at radius 3 is 3.00 bits per heavy atom. The minimum atomic E-state index is 0.476. The third kappa shape index (κ3) is 3.26. The predicted molar refractivity (Wildman–Crippen MR) is 89.3 cm³/mol. The summed E-state index contributed by atoms with van der Waals surface area (Å²) in [6, 6.07) is 11.4. The molecule has 0 aliphatic heterocycles. The lowest BCUT2D eigenvalue weighted by molar-refractivity contribution is 0.225. The Labute approximate surface area is 128 Å². The molecule has 1 aliphatic carbocycles. The van der Waals surface area contributed by atoms with Gasteiger partial charge in [0, 0.05) is 17.6 Å². The second-order valence-corrected chi connectivity index (χ2v) is 6.52. The lowest BCUT2D eigenvalue weighted by atomic mass is 9.76. The largest absolute Gasteiger partial charge is 0.310 e. The van der Waals surface area contributed by atoms with Gasteiger partial charge in [0.25, 0.3) is 0 Å². The van der Waals surface area contributed by atoms with Gasteiger partial charge in [0.1, 0.15) is 0 Å². The molecule has 0 bridgehead atoms. The number of nitrogens with one attached hydrogen (secondary N) is 1. The topological polar surface area (TPSA) is 24.9 Å². The van der Waals surface area contributed by atoms with E-state index in [2.05, 4.69) is 48.4 Å². The standard InChI is InChI=1S/C19H26N2/c1-3-20-19(16-7-4-6-14(2)12-16)17-10-9-15-8-5-11-21-18(15)13-17/h5,8-11,13-14,16,19-20H,3-4,6-7,12H2,1-2H3. The molecule has 2 aromatic rings. The minimum absolute atomic E-state index is 0.476. The highest BCUT2D eigenvalue weighted by atomic mass is 14.9. The Kier molecular flexibility index (Phi) is 4.54. The Hall–Kier alpha value is -1.41. The fourth-order valence-electron chi connectivity index (χ4n) is 3.84. The van der Waals surface area contributed by atoms with Gasteiger partial charge in [-0.25, -0.2) is 0 Å². The maximum absolute atomic E-state index is 4.52. The number of nitrogens with zero attached hydrogens (tertiary/aromatic N) is 1. The van der Waals surface area contributed by atoms with E-state index in [4.69, 9.17) is 0 Å². The van der Waals surface area contributed by atoms with Crippen LogP contribution in [0.4, 0.5) is 0 Å². The van der Waals surface area contributed by atoms with Crippen molar-refractivity contribution in [1.82, 2.24) is 10.3 Å². The summed E-state index contributed by atoms with van der Waals surface area (Å²) < 4.78 is 0. The zero-order valence-corrected chi connectivity index (χ0v) is 13.2. The molecule has 0 radical (unpaired) electrons. The maximum atomic E-state index is 4.52. The Morgan fingerprint density at radius 2 is 2.19 bits per heavy atom. The maximum Gasteiger partial charge on any atom is 0.0705 e. The molecule has 3 rings (SSSR count). The third-order valence-electron chi connectivity index (χ3n) is 4.86. The molecule has 1 aliphatic rings. The van der Waals surface area contributed by atoms with Crippen molar-refractivity contribution in [2.75, 3.05) is 6.54 Å². The van der Waals surface area contributed by atoms with Crippen LogP contribution in [0.5, 0.6) is 0 Å². The zero-order valence-electron chi connectivity index (χ0n) is 13.2. The minimum Gasteiger partial charge on any atom is -0.310 e. The van der Waals surface area contributed by atoms with Crippen molar-refractivity contribution < 1.29 is 0 Å². The van der Waals surface area contributed by atoms with Gasteiger partial charge in [-0.2, -0.15) is 0 Å². The summed E-state index contributed by atoms with van der Waals surface area (Å²) in [5.74, 6) is 1.62. The Balaban J connectivity index is 1.90. The van der Waals surface area contributed by atoms with Crippen LogP contribution in [0.25, 0.3) is 10.9 Å². The smallest absolute Gasteiger partial charge is 0.0705 e. The molecule has 0 spiro atoms. The van der Waals surface area contributed by atoms with E-state index >= 15 is 0 Å². The van der Waals surface area contributed by atoms with E-state index in [-0.39, 0.29) is 0 Å². The van der Waals surface area contributed by atoms with E-state index < -0.39 is 0 Å². The molecule has 1 fully saturated rings. The number of hydrogen-bond acceptors (Lipinski definition) is 2. The van der Waals surface area contributed by atoms with Gasteiger partial charge in [0.05, 0.1) is 5.52 Å². The fraction of sp³-hybridized carbons (Fsp3) is 0.526. The fourth-order valence-corrected chi connectivity index (χ4v) is 3.84. The molecule has 1 heterocycles. The number of hydrogen-bond donors (Lipinski definition) is 1. The summed E-state index contributed by atoms with van der Waals surface area (Å²) in [4.78, 5) is 4.52. The van der Waals surface area contributed by atoms with Crippen molar-refractivity contribution in [3.8, 4) is 0 Å². The number of aromatic nitrogens is 1. The normalized spacial score (nSPS) is 24.1. The number of rotatable bonds is 4. The van der Waals surface area contributed by atoms with Crippen LogP contribution in [0.2, 0.25) is 0 Å². The van der Waals surface area contributed by atoms with Crippen molar-refractivity contribution in [2.45, 2.75) is 45.6 Å². The molecule has 3 atom stereocenters. The highest BCUT2D eigenvalue weighted by molar-refractivity contribution is 5.79. The van der Waals surface area contributed by atoms with E-state index in [0.29, 0.717) is 6.04 Å². The van der Waals surface area contributed by atoms with Crippen molar-refractivity contribution in [3.05, 3.63) is 42.1 Å². The summed E-state index contributed by atoms with van der Waals surface area (Å²) in [5, 5.41) is 4.96. The van der Waals surface area contributed by atoms with E-state index in [1.54, 1.807) is 0 Å². The molecule has 0 saturated heterocycles. The van der Waals surface area contributed by atoms with Crippen molar-refractivity contribution in [3.63, 3.8) is 0 Å². The molecule has 21 heavy (non-hydrogen) atoms. The van der Waals surface area contributed by atoms with Gasteiger partial charge < -0.3 is 5.32 Å². The van der Waals surface area contributed by atoms with Gasteiger partial charge in [-0.05, 0) is 48.9 Å². The van der Waals surface area contributed by atoms with E-state index in [1.165, 1.54) is 36.6 Å². The average Bonchev–Trinajstić information content (AvgIpc) is 2.52. The Morgan fingerprint density at radius 1 is 1.29 bits per heavy atom. The van der Waals surface area contributed by atoms with Crippen LogP contribution < -0.4 is 5.32 Å². The molecule has 1 saturated carbocycles. The zero-order chi connectivity index (χ0) is 14.7. The first-order chi connectivity index (χ1) is 10.3. The molecule has 112 valence electrons. The Bertz CT molecular complexity index is 593. The molecular formula is C19H26N2. The first-order valence-electron chi connectivity index (χ1n) is 8.36. The van der Waals surface area contributed by atoms with Crippen molar-refractivity contribution in [2.24, 2.45) is 11.8 Å². The average molecular weight is 282 g/mol. The molecule has 3 unspecified atom stereocenters. The van der Waals surface area contributed by atoms with E-state index in [0.717, 1.165) is 23.9 Å². The monoisotopic (exact) mass is 282 g/mol. The van der Waals surface area contributed by atoms with Gasteiger partial charge in [-0.15, -0.1) is 0 Å². The van der Waals surface area contributed by atoms with Gasteiger partial charge in [-0.3, -0.25) is 4.98 Å². The van der Waals surface area contributed by atoms with Gasteiger partial charge in [0.15, 0.2) is 0 Å². The van der Waals surface area contributed by atoms with Gasteiger partial charge in [0.2, 0.25) is 0 Å². The summed E-state index contributed by atoms with van der Waals surface area (Å²) in [6.07, 6.45) is 7.35. The number of pyridine rings is 1. The molecule has 1 N–H and O–H groups in total. The van der Waals surface area contributed by atoms with Crippen LogP contribution in [0.3, 0.4) is 0 Å². The van der Waals surface area contributed by atoms with Crippen LogP contribution in [0, 0.1) is 11.8 Å². The first-order valence-corrected chi connectivity index (χ1v) is 8.36. The number of benzene rings is 1. The van der Waals surface area contributed by atoms with Crippen LogP contribution in [-0.2, 0) is 0 Å². The molecule has 0 amide bonds. The molecule has 2 heteroatoms. The molecule has 2 nitrogen and oxygen atoms in total. The predicted octanol–water partition coefficient (Wildman–Crippen LogP) is 4.71. The lowest BCUT2D eigenvalue weighted by Crippen LogP contribution is -2.31. The van der Waals surface area contributed by atoms with Crippen LogP contribution in [-0.4, -0.2) is 11.5 Å².